The average molecular weight is 327 g/mol. The molecule has 0 unspecified atom stereocenters. The van der Waals surface area contributed by atoms with Crippen molar-refractivity contribution < 1.29 is 18.3 Å². The predicted octanol–water partition coefficient (Wildman–Crippen LogP) is 3.53. The Hall–Kier alpha value is -3.22. The first kappa shape index (κ1) is 15.7. The highest BCUT2D eigenvalue weighted by atomic mass is 19.1. The van der Waals surface area contributed by atoms with Crippen molar-refractivity contribution in [2.45, 2.75) is 6.92 Å². The van der Waals surface area contributed by atoms with E-state index in [1.807, 2.05) is 6.92 Å². The minimum atomic E-state index is -0.411. The zero-order valence-electron chi connectivity index (χ0n) is 12.8. The predicted molar refractivity (Wildman–Crippen MR) is 85.3 cm³/mol. The molecule has 122 valence electrons. The van der Waals surface area contributed by atoms with Gasteiger partial charge >= 0.3 is 6.01 Å². The van der Waals surface area contributed by atoms with Gasteiger partial charge in [-0.05, 0) is 49.4 Å². The first-order valence-electron chi connectivity index (χ1n) is 7.29. The summed E-state index contributed by atoms with van der Waals surface area (Å²) in [6.07, 6.45) is 0. The highest BCUT2D eigenvalue weighted by Gasteiger charge is 2.13. The van der Waals surface area contributed by atoms with Gasteiger partial charge in [-0.3, -0.25) is 10.1 Å². The fraction of sp³-hybridized carbons (Fsp3) is 0.118. The van der Waals surface area contributed by atoms with Gasteiger partial charge in [-0.2, -0.15) is 0 Å². The molecular weight excluding hydrogens is 313 g/mol. The first-order valence-corrected chi connectivity index (χ1v) is 7.29. The van der Waals surface area contributed by atoms with E-state index in [-0.39, 0.29) is 11.9 Å². The van der Waals surface area contributed by atoms with Crippen LogP contribution < -0.4 is 10.1 Å². The van der Waals surface area contributed by atoms with Crippen molar-refractivity contribution in [1.82, 2.24) is 10.2 Å². The Balaban J connectivity index is 1.71. The lowest BCUT2D eigenvalue weighted by Crippen LogP contribution is -2.12. The highest BCUT2D eigenvalue weighted by Crippen LogP contribution is 2.21. The van der Waals surface area contributed by atoms with E-state index in [0.29, 0.717) is 23.5 Å². The molecule has 1 amide bonds. The highest BCUT2D eigenvalue weighted by molar-refractivity contribution is 6.03. The number of hydrogen-bond acceptors (Lipinski definition) is 5. The molecule has 1 N–H and O–H groups in total. The smallest absolute Gasteiger partial charge is 0.322 e. The number of aromatic nitrogens is 2. The standard InChI is InChI=1S/C17H14FN3O3/c1-2-23-14-8-6-11(7-9-14)15(22)19-17-21-20-16(24-17)12-4-3-5-13(18)10-12/h3-10H,2H2,1H3,(H,19,21,22). The molecular formula is C17H14FN3O3. The maximum atomic E-state index is 13.2. The normalized spacial score (nSPS) is 10.4. The minimum absolute atomic E-state index is 0.0619. The van der Waals surface area contributed by atoms with Crippen LogP contribution in [0.25, 0.3) is 11.5 Å². The van der Waals surface area contributed by atoms with Gasteiger partial charge in [0.05, 0.1) is 6.61 Å². The fourth-order valence-electron chi connectivity index (χ4n) is 2.05. The number of anilines is 1. The van der Waals surface area contributed by atoms with Crippen LogP contribution in [0.5, 0.6) is 5.75 Å². The van der Waals surface area contributed by atoms with Gasteiger partial charge in [-0.1, -0.05) is 11.2 Å². The third-order valence-corrected chi connectivity index (χ3v) is 3.14. The molecule has 3 aromatic rings. The Bertz CT molecular complexity index is 846. The Kier molecular flexibility index (Phi) is 4.51. The summed E-state index contributed by atoms with van der Waals surface area (Å²) in [5.41, 5.74) is 0.855. The van der Waals surface area contributed by atoms with Crippen molar-refractivity contribution >= 4 is 11.9 Å². The van der Waals surface area contributed by atoms with Gasteiger partial charge in [0.2, 0.25) is 5.89 Å². The summed E-state index contributed by atoms with van der Waals surface area (Å²) in [6, 6.07) is 12.3. The molecule has 0 saturated carbocycles. The molecule has 1 aromatic heterocycles. The number of benzene rings is 2. The van der Waals surface area contributed by atoms with Gasteiger partial charge in [0.15, 0.2) is 0 Å². The molecule has 0 fully saturated rings. The lowest BCUT2D eigenvalue weighted by molar-refractivity contribution is 0.102. The summed E-state index contributed by atoms with van der Waals surface area (Å²) >= 11 is 0. The summed E-state index contributed by atoms with van der Waals surface area (Å²) in [4.78, 5) is 12.1. The number of rotatable bonds is 5. The zero-order chi connectivity index (χ0) is 16.9. The van der Waals surface area contributed by atoms with Crippen molar-refractivity contribution in [2.24, 2.45) is 0 Å². The molecule has 3 rings (SSSR count). The second-order valence-electron chi connectivity index (χ2n) is 4.83. The topological polar surface area (TPSA) is 77.2 Å². The number of ether oxygens (including phenoxy) is 1. The number of hydrogen-bond donors (Lipinski definition) is 1. The van der Waals surface area contributed by atoms with Gasteiger partial charge in [0.1, 0.15) is 11.6 Å². The van der Waals surface area contributed by atoms with Crippen molar-refractivity contribution in [3.63, 3.8) is 0 Å². The van der Waals surface area contributed by atoms with Crippen LogP contribution in [-0.2, 0) is 0 Å². The van der Waals surface area contributed by atoms with E-state index in [0.717, 1.165) is 0 Å². The number of nitrogens with one attached hydrogen (secondary N) is 1. The van der Waals surface area contributed by atoms with E-state index in [1.54, 1.807) is 30.3 Å². The van der Waals surface area contributed by atoms with Crippen molar-refractivity contribution in [1.29, 1.82) is 0 Å². The molecule has 0 bridgehead atoms. The number of amides is 1. The lowest BCUT2D eigenvalue weighted by atomic mass is 10.2. The summed E-state index contributed by atoms with van der Waals surface area (Å²) in [7, 11) is 0. The zero-order valence-corrected chi connectivity index (χ0v) is 12.8. The lowest BCUT2D eigenvalue weighted by Gasteiger charge is -2.04. The van der Waals surface area contributed by atoms with Crippen LogP contribution in [-0.4, -0.2) is 22.7 Å². The average Bonchev–Trinajstić information content (AvgIpc) is 3.04. The van der Waals surface area contributed by atoms with E-state index in [1.165, 1.54) is 18.2 Å². The molecule has 6 nitrogen and oxygen atoms in total. The minimum Gasteiger partial charge on any atom is -0.494 e. The van der Waals surface area contributed by atoms with E-state index in [9.17, 15) is 9.18 Å². The molecule has 7 heteroatoms. The van der Waals surface area contributed by atoms with Crippen LogP contribution in [0.2, 0.25) is 0 Å². The number of carbonyl (C=O) groups excluding carboxylic acids is 1. The van der Waals surface area contributed by atoms with Crippen LogP contribution in [0.15, 0.2) is 52.9 Å². The van der Waals surface area contributed by atoms with E-state index >= 15 is 0 Å². The summed E-state index contributed by atoms with van der Waals surface area (Å²) in [6.45, 7) is 2.43. The van der Waals surface area contributed by atoms with E-state index in [2.05, 4.69) is 15.5 Å². The SMILES string of the molecule is CCOc1ccc(C(=O)Nc2nnc(-c3cccc(F)c3)o2)cc1. The number of halogens is 1. The maximum Gasteiger partial charge on any atom is 0.322 e. The molecule has 0 spiro atoms. The molecule has 0 atom stereocenters. The van der Waals surface area contributed by atoms with Crippen LogP contribution in [0.1, 0.15) is 17.3 Å². The van der Waals surface area contributed by atoms with Gasteiger partial charge in [-0.25, -0.2) is 4.39 Å². The van der Waals surface area contributed by atoms with Gasteiger partial charge in [0.25, 0.3) is 5.91 Å². The van der Waals surface area contributed by atoms with Gasteiger partial charge in [-0.15, -0.1) is 5.10 Å². The first-order chi connectivity index (χ1) is 11.7. The van der Waals surface area contributed by atoms with E-state index in [4.69, 9.17) is 9.15 Å². The Morgan fingerprint density at radius 1 is 1.21 bits per heavy atom. The van der Waals surface area contributed by atoms with Gasteiger partial charge in [0, 0.05) is 11.1 Å². The summed E-state index contributed by atoms with van der Waals surface area (Å²) < 4.78 is 23.9. The van der Waals surface area contributed by atoms with Crippen molar-refractivity contribution in [3.8, 4) is 17.2 Å². The van der Waals surface area contributed by atoms with Crippen LogP contribution in [0.4, 0.5) is 10.4 Å². The van der Waals surface area contributed by atoms with Crippen LogP contribution >= 0.6 is 0 Å². The largest absolute Gasteiger partial charge is 0.494 e. The Labute approximate surface area is 137 Å². The number of carbonyl (C=O) groups is 1. The monoisotopic (exact) mass is 327 g/mol. The van der Waals surface area contributed by atoms with Crippen LogP contribution in [0, 0.1) is 5.82 Å². The maximum absolute atomic E-state index is 13.2. The van der Waals surface area contributed by atoms with Crippen molar-refractivity contribution in [3.05, 3.63) is 59.9 Å². The summed E-state index contributed by atoms with van der Waals surface area (Å²) in [5, 5.41) is 10.0. The third-order valence-electron chi connectivity index (χ3n) is 3.14. The molecule has 0 saturated heterocycles. The quantitative estimate of drug-likeness (QED) is 0.776. The molecule has 0 aliphatic heterocycles. The van der Waals surface area contributed by atoms with Gasteiger partial charge < -0.3 is 9.15 Å². The third kappa shape index (κ3) is 3.57. The Morgan fingerprint density at radius 2 is 2.00 bits per heavy atom. The molecule has 2 aromatic carbocycles. The van der Waals surface area contributed by atoms with Crippen molar-refractivity contribution in [2.75, 3.05) is 11.9 Å². The summed E-state index contributed by atoms with van der Waals surface area (Å²) in [5.74, 6) is -0.00473. The molecule has 0 aliphatic carbocycles. The molecule has 0 aliphatic rings. The Morgan fingerprint density at radius 3 is 2.71 bits per heavy atom. The number of nitrogens with zero attached hydrogens (tertiary/aromatic N) is 2. The molecule has 1 heterocycles. The second kappa shape index (κ2) is 6.91. The molecule has 0 radical (unpaired) electrons. The van der Waals surface area contributed by atoms with Crippen LogP contribution in [0.3, 0.4) is 0 Å². The van der Waals surface area contributed by atoms with E-state index < -0.39 is 11.7 Å². The molecule has 24 heavy (non-hydrogen) atoms. The second-order valence-corrected chi connectivity index (χ2v) is 4.83. The fourth-order valence-corrected chi connectivity index (χ4v) is 2.05.